The van der Waals surface area contributed by atoms with Gasteiger partial charge in [0.2, 0.25) is 5.91 Å². The van der Waals surface area contributed by atoms with Crippen LogP contribution in [0.1, 0.15) is 24.1 Å². The van der Waals surface area contributed by atoms with Gasteiger partial charge in [-0.3, -0.25) is 14.4 Å². The molecule has 0 unspecified atom stereocenters. The summed E-state index contributed by atoms with van der Waals surface area (Å²) in [6, 6.07) is 24.9. The van der Waals surface area contributed by atoms with Crippen molar-refractivity contribution in [1.29, 1.82) is 0 Å². The van der Waals surface area contributed by atoms with Crippen molar-refractivity contribution in [2.75, 3.05) is 29.0 Å². The summed E-state index contributed by atoms with van der Waals surface area (Å²) >= 11 is 0. The third-order valence-electron chi connectivity index (χ3n) is 6.48. The summed E-state index contributed by atoms with van der Waals surface area (Å²) in [5, 5.41) is 1.73. The molecule has 2 fully saturated rings. The zero-order valence-corrected chi connectivity index (χ0v) is 19.0. The van der Waals surface area contributed by atoms with Crippen LogP contribution >= 0.6 is 0 Å². The molecular formula is C27H27N3O3. The van der Waals surface area contributed by atoms with Gasteiger partial charge in [0.15, 0.2) is 6.10 Å². The summed E-state index contributed by atoms with van der Waals surface area (Å²) in [6.45, 7) is 2.07. The molecule has 168 valence electrons. The molecule has 0 spiro atoms. The molecule has 3 aromatic carbocycles. The molecule has 33 heavy (non-hydrogen) atoms. The number of carbonyl (C=O) groups is 2. The molecule has 0 bridgehead atoms. The quantitative estimate of drug-likeness (QED) is 0.551. The normalized spacial score (nSPS) is 22.1. The van der Waals surface area contributed by atoms with Crippen molar-refractivity contribution in [3.8, 4) is 0 Å². The van der Waals surface area contributed by atoms with Gasteiger partial charge in [0.1, 0.15) is 5.92 Å². The second-order valence-corrected chi connectivity index (χ2v) is 8.68. The summed E-state index contributed by atoms with van der Waals surface area (Å²) in [6.07, 6.45) is 0.0372. The van der Waals surface area contributed by atoms with Crippen LogP contribution in [-0.4, -0.2) is 32.0 Å². The van der Waals surface area contributed by atoms with E-state index in [1.807, 2.05) is 97.9 Å². The van der Waals surface area contributed by atoms with E-state index in [-0.39, 0.29) is 11.8 Å². The average Bonchev–Trinajstić information content (AvgIpc) is 3.36. The number of carbonyl (C=O) groups excluding carboxylic acids is 2. The van der Waals surface area contributed by atoms with Crippen LogP contribution in [0.5, 0.6) is 0 Å². The second kappa shape index (κ2) is 8.37. The molecule has 2 amide bonds. The van der Waals surface area contributed by atoms with E-state index in [9.17, 15) is 9.59 Å². The zero-order valence-electron chi connectivity index (χ0n) is 19.0. The van der Waals surface area contributed by atoms with E-state index in [0.717, 1.165) is 28.9 Å². The molecule has 3 aromatic rings. The van der Waals surface area contributed by atoms with E-state index in [4.69, 9.17) is 4.84 Å². The van der Waals surface area contributed by atoms with Crippen LogP contribution < -0.4 is 14.9 Å². The molecule has 0 radical (unpaired) electrons. The van der Waals surface area contributed by atoms with E-state index >= 15 is 0 Å². The molecule has 5 rings (SSSR count). The highest BCUT2D eigenvalue weighted by Crippen LogP contribution is 2.47. The maximum absolute atomic E-state index is 13.7. The molecule has 0 N–H and O–H groups in total. The Morgan fingerprint density at radius 1 is 0.818 bits per heavy atom. The number of anilines is 3. The predicted octanol–water partition coefficient (Wildman–Crippen LogP) is 4.37. The minimum absolute atomic E-state index is 0.227. The highest BCUT2D eigenvalue weighted by molar-refractivity contribution is 6.23. The van der Waals surface area contributed by atoms with Crippen molar-refractivity contribution in [3.63, 3.8) is 0 Å². The maximum atomic E-state index is 13.7. The van der Waals surface area contributed by atoms with Crippen LogP contribution in [0.2, 0.25) is 0 Å². The first kappa shape index (κ1) is 21.2. The monoisotopic (exact) mass is 441 g/mol. The smallest absolute Gasteiger partial charge is 0.266 e. The summed E-state index contributed by atoms with van der Waals surface area (Å²) in [7, 11) is 3.97. The standard InChI is InChI=1S/C27H27N3O3/c1-4-18-10-14-21(15-11-18)29-26(31)23-24(19-12-16-20(17-13-19)28(2)3)30(33-25(23)27(29)32)22-8-6-5-7-9-22/h5-17,23-25H,4H2,1-3H3/t23-,24+,25-/m1/s1. The first-order valence-corrected chi connectivity index (χ1v) is 11.2. The maximum Gasteiger partial charge on any atom is 0.266 e. The number of aryl methyl sites for hydroxylation is 1. The number of hydrogen-bond acceptors (Lipinski definition) is 5. The lowest BCUT2D eigenvalue weighted by Gasteiger charge is -2.29. The van der Waals surface area contributed by atoms with E-state index in [2.05, 4.69) is 6.92 Å². The van der Waals surface area contributed by atoms with Gasteiger partial charge in [-0.05, 0) is 53.9 Å². The lowest BCUT2D eigenvalue weighted by Crippen LogP contribution is -2.37. The van der Waals surface area contributed by atoms with Crippen LogP contribution in [0.3, 0.4) is 0 Å². The summed E-state index contributed by atoms with van der Waals surface area (Å²) < 4.78 is 0. The van der Waals surface area contributed by atoms with Crippen LogP contribution in [-0.2, 0) is 20.8 Å². The van der Waals surface area contributed by atoms with E-state index in [1.165, 1.54) is 4.90 Å². The summed E-state index contributed by atoms with van der Waals surface area (Å²) in [4.78, 5) is 36.6. The Labute approximate surface area is 193 Å². The Morgan fingerprint density at radius 3 is 2.09 bits per heavy atom. The van der Waals surface area contributed by atoms with Crippen molar-refractivity contribution in [3.05, 3.63) is 90.0 Å². The largest absolute Gasteiger partial charge is 0.378 e. The third-order valence-corrected chi connectivity index (χ3v) is 6.48. The number of hydrogen-bond donors (Lipinski definition) is 0. The predicted molar refractivity (Wildman–Crippen MR) is 129 cm³/mol. The average molecular weight is 442 g/mol. The summed E-state index contributed by atoms with van der Waals surface area (Å²) in [5.41, 5.74) is 4.55. The Bertz CT molecular complexity index is 1160. The van der Waals surface area contributed by atoms with Crippen LogP contribution in [0.15, 0.2) is 78.9 Å². The Balaban J connectivity index is 1.55. The van der Waals surface area contributed by atoms with Gasteiger partial charge in [0, 0.05) is 19.8 Å². The van der Waals surface area contributed by atoms with Gasteiger partial charge < -0.3 is 4.90 Å². The Hall–Kier alpha value is -3.64. The Kier molecular flexibility index (Phi) is 5.38. The number of fused-ring (bicyclic) bond motifs is 1. The minimum atomic E-state index is -0.859. The van der Waals surface area contributed by atoms with Crippen molar-refractivity contribution < 1.29 is 14.4 Å². The number of benzene rings is 3. The SMILES string of the molecule is CCc1ccc(N2C(=O)[C@H]3[C@@H](ON(c4ccccc4)[C@H]3c3ccc(N(C)C)cc3)C2=O)cc1. The fraction of sp³-hybridized carbons (Fsp3) is 0.259. The van der Waals surface area contributed by atoms with Crippen LogP contribution in [0.4, 0.5) is 17.1 Å². The van der Waals surface area contributed by atoms with Gasteiger partial charge in [-0.2, -0.15) is 0 Å². The van der Waals surface area contributed by atoms with Crippen molar-refractivity contribution in [1.82, 2.24) is 0 Å². The van der Waals surface area contributed by atoms with Crippen molar-refractivity contribution >= 4 is 28.9 Å². The second-order valence-electron chi connectivity index (χ2n) is 8.68. The van der Waals surface area contributed by atoms with Gasteiger partial charge in [-0.25, -0.2) is 9.96 Å². The highest BCUT2D eigenvalue weighted by Gasteiger charge is 2.60. The number of amides is 2. The number of imide groups is 1. The molecule has 2 saturated heterocycles. The fourth-order valence-electron chi connectivity index (χ4n) is 4.66. The number of hydroxylamine groups is 1. The van der Waals surface area contributed by atoms with Crippen molar-refractivity contribution in [2.45, 2.75) is 25.5 Å². The number of rotatable bonds is 5. The first-order chi connectivity index (χ1) is 16.0. The molecule has 2 heterocycles. The molecule has 6 nitrogen and oxygen atoms in total. The zero-order chi connectivity index (χ0) is 23.1. The van der Waals surface area contributed by atoms with Crippen LogP contribution in [0, 0.1) is 5.92 Å². The molecule has 3 atom stereocenters. The molecule has 6 heteroatoms. The highest BCUT2D eigenvalue weighted by atomic mass is 16.7. The molecule has 0 aromatic heterocycles. The fourth-order valence-corrected chi connectivity index (χ4v) is 4.66. The van der Waals surface area contributed by atoms with Gasteiger partial charge in [0.25, 0.3) is 5.91 Å². The topological polar surface area (TPSA) is 53.1 Å². The van der Waals surface area contributed by atoms with Crippen molar-refractivity contribution in [2.24, 2.45) is 5.92 Å². The van der Waals surface area contributed by atoms with E-state index in [0.29, 0.717) is 5.69 Å². The van der Waals surface area contributed by atoms with E-state index < -0.39 is 18.1 Å². The van der Waals surface area contributed by atoms with Gasteiger partial charge in [-0.1, -0.05) is 49.4 Å². The number of para-hydroxylation sites is 1. The summed E-state index contributed by atoms with van der Waals surface area (Å²) in [5.74, 6) is -1.18. The lowest BCUT2D eigenvalue weighted by molar-refractivity contribution is -0.126. The van der Waals surface area contributed by atoms with E-state index in [1.54, 1.807) is 5.06 Å². The number of nitrogens with zero attached hydrogens (tertiary/aromatic N) is 3. The molecule has 0 aliphatic carbocycles. The van der Waals surface area contributed by atoms with Gasteiger partial charge >= 0.3 is 0 Å². The molecule has 2 aliphatic heterocycles. The lowest BCUT2D eigenvalue weighted by atomic mass is 9.90. The van der Waals surface area contributed by atoms with Gasteiger partial charge in [0.05, 0.1) is 17.4 Å². The molecular weight excluding hydrogens is 414 g/mol. The van der Waals surface area contributed by atoms with Crippen LogP contribution in [0.25, 0.3) is 0 Å². The Morgan fingerprint density at radius 2 is 1.48 bits per heavy atom. The molecule has 0 saturated carbocycles. The minimum Gasteiger partial charge on any atom is -0.378 e. The molecule has 2 aliphatic rings. The first-order valence-electron chi connectivity index (χ1n) is 11.2. The third kappa shape index (κ3) is 3.56. The van der Waals surface area contributed by atoms with Gasteiger partial charge in [-0.15, -0.1) is 0 Å².